The summed E-state index contributed by atoms with van der Waals surface area (Å²) < 4.78 is 7.01. The van der Waals surface area contributed by atoms with E-state index in [0.717, 1.165) is 0 Å². The number of hydrogen-bond acceptors (Lipinski definition) is 7. The molecule has 4 atom stereocenters. The third-order valence-electron chi connectivity index (χ3n) is 3.33. The van der Waals surface area contributed by atoms with E-state index in [9.17, 15) is 10.2 Å². The normalized spacial score (nSPS) is 31.1. The van der Waals surface area contributed by atoms with E-state index < -0.39 is 24.5 Å². The average Bonchev–Trinajstić information content (AvgIpc) is 2.94. The van der Waals surface area contributed by atoms with Crippen LogP contribution in [-0.2, 0) is 4.74 Å². The number of nitrogens with zero attached hydrogens (tertiary/aromatic N) is 3. The predicted molar refractivity (Wildman–Crippen MR) is 64.9 cm³/mol. The highest BCUT2D eigenvalue weighted by atomic mass is 16.6. The first-order valence-electron chi connectivity index (χ1n) is 5.83. The van der Waals surface area contributed by atoms with Crippen LogP contribution in [0.2, 0.25) is 0 Å². The Hall–Kier alpha value is -1.74. The highest BCUT2D eigenvalue weighted by Crippen LogP contribution is 2.32. The second-order valence-electron chi connectivity index (χ2n) is 4.45. The van der Waals surface area contributed by atoms with E-state index in [-0.39, 0.29) is 6.61 Å². The summed E-state index contributed by atoms with van der Waals surface area (Å²) in [5, 5.41) is 29.4. The molecule has 102 valence electrons. The van der Waals surface area contributed by atoms with Gasteiger partial charge < -0.3 is 30.4 Å². The summed E-state index contributed by atoms with van der Waals surface area (Å²) >= 11 is 0. The Balaban J connectivity index is 2.04. The van der Waals surface area contributed by atoms with Gasteiger partial charge in [-0.05, 0) is 6.07 Å². The molecule has 19 heavy (non-hydrogen) atoms. The highest BCUT2D eigenvalue weighted by Gasteiger charge is 2.43. The molecule has 2 aromatic rings. The fourth-order valence-corrected chi connectivity index (χ4v) is 2.31. The van der Waals surface area contributed by atoms with Crippen LogP contribution in [-0.4, -0.2) is 54.8 Å². The molecule has 3 rings (SSSR count). The average molecular weight is 266 g/mol. The number of fused-ring (bicyclic) bond motifs is 1. The standard InChI is InChI=1S/C11H14N4O4/c12-9-5-1-2-15(10(5)14-4-13-9)11-8(18)7(17)6(3-16)19-11/h1-2,4,6-8,11,16-18H,3H2,(H2,12,13,14)/t6-,7-,8-,11?/m1/s1. The fraction of sp³-hybridized carbons (Fsp3) is 0.455. The predicted octanol–water partition coefficient (Wildman–Crippen LogP) is -1.38. The van der Waals surface area contributed by atoms with E-state index in [0.29, 0.717) is 16.9 Å². The van der Waals surface area contributed by atoms with Crippen molar-refractivity contribution in [2.24, 2.45) is 0 Å². The van der Waals surface area contributed by atoms with Crippen molar-refractivity contribution in [3.8, 4) is 0 Å². The number of aliphatic hydroxyl groups is 3. The molecule has 0 radical (unpaired) electrons. The first kappa shape index (κ1) is 12.3. The van der Waals surface area contributed by atoms with Gasteiger partial charge in [-0.3, -0.25) is 0 Å². The third-order valence-corrected chi connectivity index (χ3v) is 3.33. The molecule has 0 spiro atoms. The number of rotatable bonds is 2. The second kappa shape index (κ2) is 4.42. The van der Waals surface area contributed by atoms with Gasteiger partial charge in [0.05, 0.1) is 12.0 Å². The number of anilines is 1. The van der Waals surface area contributed by atoms with Crippen LogP contribution in [0.15, 0.2) is 18.6 Å². The Kier molecular flexibility index (Phi) is 2.86. The monoisotopic (exact) mass is 266 g/mol. The number of hydrogen-bond donors (Lipinski definition) is 4. The van der Waals surface area contributed by atoms with E-state index in [1.54, 1.807) is 16.8 Å². The Bertz CT molecular complexity index is 601. The van der Waals surface area contributed by atoms with Gasteiger partial charge in [-0.2, -0.15) is 0 Å². The van der Waals surface area contributed by atoms with Gasteiger partial charge in [0.2, 0.25) is 0 Å². The molecule has 1 fully saturated rings. The number of nitrogen functional groups attached to an aromatic ring is 1. The van der Waals surface area contributed by atoms with Gasteiger partial charge in [0, 0.05) is 6.20 Å². The van der Waals surface area contributed by atoms with Gasteiger partial charge in [0.15, 0.2) is 6.23 Å². The van der Waals surface area contributed by atoms with E-state index in [1.807, 2.05) is 0 Å². The van der Waals surface area contributed by atoms with Crippen molar-refractivity contribution >= 4 is 16.9 Å². The van der Waals surface area contributed by atoms with Crippen LogP contribution in [0.1, 0.15) is 6.23 Å². The molecule has 0 bridgehead atoms. The van der Waals surface area contributed by atoms with Crippen molar-refractivity contribution in [1.29, 1.82) is 0 Å². The minimum Gasteiger partial charge on any atom is -0.394 e. The minimum atomic E-state index is -1.15. The van der Waals surface area contributed by atoms with Gasteiger partial charge in [-0.15, -0.1) is 0 Å². The Labute approximate surface area is 108 Å². The van der Waals surface area contributed by atoms with E-state index in [2.05, 4.69) is 9.97 Å². The zero-order chi connectivity index (χ0) is 13.6. The van der Waals surface area contributed by atoms with Crippen LogP contribution in [0.5, 0.6) is 0 Å². The summed E-state index contributed by atoms with van der Waals surface area (Å²) in [5.41, 5.74) is 6.23. The van der Waals surface area contributed by atoms with Gasteiger partial charge in [-0.25, -0.2) is 9.97 Å². The largest absolute Gasteiger partial charge is 0.394 e. The molecule has 0 aromatic carbocycles. The summed E-state index contributed by atoms with van der Waals surface area (Å²) in [4.78, 5) is 7.97. The summed E-state index contributed by atoms with van der Waals surface area (Å²) in [6.07, 6.45) is -0.975. The molecular formula is C11H14N4O4. The van der Waals surface area contributed by atoms with Gasteiger partial charge in [-0.1, -0.05) is 0 Å². The molecule has 0 saturated carbocycles. The molecule has 1 aliphatic heterocycles. The lowest BCUT2D eigenvalue weighted by atomic mass is 10.1. The number of nitrogens with two attached hydrogens (primary N) is 1. The van der Waals surface area contributed by atoms with E-state index >= 15 is 0 Å². The van der Waals surface area contributed by atoms with E-state index in [1.165, 1.54) is 6.33 Å². The second-order valence-corrected chi connectivity index (χ2v) is 4.45. The van der Waals surface area contributed by atoms with Crippen molar-refractivity contribution < 1.29 is 20.1 Å². The molecule has 2 aromatic heterocycles. The van der Waals surface area contributed by atoms with Gasteiger partial charge in [0.25, 0.3) is 0 Å². The molecule has 0 amide bonds. The van der Waals surface area contributed by atoms with E-state index in [4.69, 9.17) is 15.6 Å². The number of aromatic nitrogens is 3. The van der Waals surface area contributed by atoms with Gasteiger partial charge >= 0.3 is 0 Å². The molecule has 0 aliphatic carbocycles. The first-order valence-corrected chi connectivity index (χ1v) is 5.83. The summed E-state index contributed by atoms with van der Waals surface area (Å²) in [6.45, 7) is -0.370. The summed E-state index contributed by atoms with van der Waals surface area (Å²) in [5.74, 6) is 0.329. The maximum atomic E-state index is 9.98. The van der Waals surface area contributed by atoms with Crippen LogP contribution in [0.4, 0.5) is 5.82 Å². The zero-order valence-corrected chi connectivity index (χ0v) is 9.92. The Morgan fingerprint density at radius 2 is 2.11 bits per heavy atom. The SMILES string of the molecule is Nc1ncnc2c1ccn2C1O[C@H](CO)[C@@H](O)[C@H]1O. The topological polar surface area (TPSA) is 127 Å². The zero-order valence-electron chi connectivity index (χ0n) is 9.92. The lowest BCUT2D eigenvalue weighted by molar-refractivity contribution is -0.0508. The van der Waals surface area contributed by atoms with Crippen LogP contribution in [0.3, 0.4) is 0 Å². The van der Waals surface area contributed by atoms with Crippen molar-refractivity contribution in [1.82, 2.24) is 14.5 Å². The number of ether oxygens (including phenoxy) is 1. The lowest BCUT2D eigenvalue weighted by Crippen LogP contribution is -2.33. The molecule has 1 aliphatic rings. The van der Waals surface area contributed by atoms with Gasteiger partial charge in [0.1, 0.15) is 36.1 Å². The molecule has 5 N–H and O–H groups in total. The van der Waals surface area contributed by atoms with Crippen LogP contribution < -0.4 is 5.73 Å². The number of aliphatic hydroxyl groups excluding tert-OH is 3. The van der Waals surface area contributed by atoms with Crippen LogP contribution in [0.25, 0.3) is 11.0 Å². The fourth-order valence-electron chi connectivity index (χ4n) is 2.31. The van der Waals surface area contributed by atoms with Crippen molar-refractivity contribution in [3.63, 3.8) is 0 Å². The Morgan fingerprint density at radius 3 is 2.79 bits per heavy atom. The molecule has 3 heterocycles. The smallest absolute Gasteiger partial charge is 0.164 e. The van der Waals surface area contributed by atoms with Crippen molar-refractivity contribution in [3.05, 3.63) is 18.6 Å². The quantitative estimate of drug-likeness (QED) is 0.528. The van der Waals surface area contributed by atoms with Crippen LogP contribution in [0, 0.1) is 0 Å². The molecular weight excluding hydrogens is 252 g/mol. The molecule has 8 nitrogen and oxygen atoms in total. The maximum Gasteiger partial charge on any atom is 0.164 e. The van der Waals surface area contributed by atoms with Crippen LogP contribution >= 0.6 is 0 Å². The third kappa shape index (κ3) is 1.77. The van der Waals surface area contributed by atoms with Crippen molar-refractivity contribution in [2.45, 2.75) is 24.5 Å². The van der Waals surface area contributed by atoms with Crippen molar-refractivity contribution in [2.75, 3.05) is 12.3 Å². The molecule has 1 saturated heterocycles. The molecule has 1 unspecified atom stereocenters. The molecule has 8 heteroatoms. The summed E-state index contributed by atoms with van der Waals surface area (Å²) in [7, 11) is 0. The lowest BCUT2D eigenvalue weighted by Gasteiger charge is -2.17. The first-order chi connectivity index (χ1) is 9.13. The maximum absolute atomic E-state index is 9.98. The minimum absolute atomic E-state index is 0.329. The summed E-state index contributed by atoms with van der Waals surface area (Å²) in [6, 6.07) is 1.71. The Morgan fingerprint density at radius 1 is 1.32 bits per heavy atom. The highest BCUT2D eigenvalue weighted by molar-refractivity contribution is 5.86.